The Morgan fingerprint density at radius 3 is 3.00 bits per heavy atom. The molecule has 1 atom stereocenters. The second-order valence-electron chi connectivity index (χ2n) is 5.19. The van der Waals surface area contributed by atoms with Crippen LogP contribution in [0.4, 0.5) is 5.95 Å². The fourth-order valence-corrected chi connectivity index (χ4v) is 3.75. The van der Waals surface area contributed by atoms with Gasteiger partial charge in [-0.15, -0.1) is 11.8 Å². The van der Waals surface area contributed by atoms with Gasteiger partial charge in [0.1, 0.15) is 0 Å². The molecular formula is C16H17ClN4OS. The molecule has 0 aliphatic carbocycles. The third-order valence-corrected chi connectivity index (χ3v) is 4.91. The van der Waals surface area contributed by atoms with Gasteiger partial charge in [-0.1, -0.05) is 11.6 Å². The summed E-state index contributed by atoms with van der Waals surface area (Å²) in [5.41, 5.74) is 1.11. The van der Waals surface area contributed by atoms with Crippen LogP contribution in [0.5, 0.6) is 0 Å². The van der Waals surface area contributed by atoms with Gasteiger partial charge in [-0.2, -0.15) is 0 Å². The van der Waals surface area contributed by atoms with Crippen molar-refractivity contribution in [2.45, 2.75) is 23.8 Å². The van der Waals surface area contributed by atoms with Gasteiger partial charge in [-0.05, 0) is 36.2 Å². The van der Waals surface area contributed by atoms with Gasteiger partial charge in [0.15, 0.2) is 0 Å². The molecule has 0 saturated carbocycles. The summed E-state index contributed by atoms with van der Waals surface area (Å²) in [6.07, 6.45) is 4.61. The minimum Gasteiger partial charge on any atom is -0.354 e. The number of halogens is 1. The van der Waals surface area contributed by atoms with Gasteiger partial charge in [-0.3, -0.25) is 4.79 Å². The highest BCUT2D eigenvalue weighted by atomic mass is 35.5. The van der Waals surface area contributed by atoms with E-state index >= 15 is 0 Å². The van der Waals surface area contributed by atoms with E-state index in [4.69, 9.17) is 11.6 Å². The number of anilines is 1. The summed E-state index contributed by atoms with van der Waals surface area (Å²) in [4.78, 5) is 21.5. The number of carbonyl (C=O) groups is 1. The van der Waals surface area contributed by atoms with E-state index in [0.717, 1.165) is 17.7 Å². The number of nitrogens with zero attached hydrogens (tertiary/aromatic N) is 2. The van der Waals surface area contributed by atoms with Crippen molar-refractivity contribution in [2.24, 2.45) is 0 Å². The molecule has 0 bridgehead atoms. The minimum absolute atomic E-state index is 0.0104. The van der Waals surface area contributed by atoms with Gasteiger partial charge in [-0.25, -0.2) is 9.97 Å². The summed E-state index contributed by atoms with van der Waals surface area (Å²) in [6, 6.07) is 7.65. The number of rotatable bonds is 5. The molecule has 2 N–H and O–H groups in total. The Bertz CT molecular complexity index is 683. The van der Waals surface area contributed by atoms with Crippen LogP contribution in [0.2, 0.25) is 5.02 Å². The van der Waals surface area contributed by atoms with Crippen LogP contribution in [0.25, 0.3) is 0 Å². The van der Waals surface area contributed by atoms with Crippen molar-refractivity contribution in [2.75, 3.05) is 17.6 Å². The molecule has 1 aromatic carbocycles. The van der Waals surface area contributed by atoms with Crippen molar-refractivity contribution in [3.8, 4) is 0 Å². The fourth-order valence-electron chi connectivity index (χ4n) is 2.46. The van der Waals surface area contributed by atoms with Crippen LogP contribution < -0.4 is 10.6 Å². The summed E-state index contributed by atoms with van der Waals surface area (Å²) in [5, 5.41) is 6.83. The van der Waals surface area contributed by atoms with Gasteiger partial charge in [0.05, 0.1) is 6.04 Å². The maximum absolute atomic E-state index is 12.2. The molecule has 1 amide bonds. The van der Waals surface area contributed by atoms with Crippen LogP contribution >= 0.6 is 23.4 Å². The molecule has 2 aromatic rings. The molecule has 1 aliphatic rings. The van der Waals surface area contributed by atoms with Gasteiger partial charge in [0.25, 0.3) is 0 Å². The normalized spacial score (nSPS) is 16.5. The first-order valence-electron chi connectivity index (χ1n) is 7.45. The Kier molecular flexibility index (Phi) is 5.35. The molecule has 3 rings (SSSR count). The van der Waals surface area contributed by atoms with Crippen molar-refractivity contribution in [1.29, 1.82) is 0 Å². The van der Waals surface area contributed by atoms with Crippen LogP contribution in [-0.4, -0.2) is 28.2 Å². The summed E-state index contributed by atoms with van der Waals surface area (Å²) < 4.78 is 0. The number of thioether (sulfide) groups is 1. The minimum atomic E-state index is 0.0104. The number of hydrogen-bond acceptors (Lipinski definition) is 5. The van der Waals surface area contributed by atoms with Crippen molar-refractivity contribution >= 4 is 35.2 Å². The highest BCUT2D eigenvalue weighted by Crippen LogP contribution is 2.37. The van der Waals surface area contributed by atoms with Crippen LogP contribution in [0.3, 0.4) is 0 Å². The average molecular weight is 349 g/mol. The first kappa shape index (κ1) is 16.1. The molecule has 120 valence electrons. The zero-order chi connectivity index (χ0) is 16.1. The molecule has 0 saturated heterocycles. The lowest BCUT2D eigenvalue weighted by Crippen LogP contribution is -2.31. The third kappa shape index (κ3) is 4.36. The number of benzene rings is 1. The van der Waals surface area contributed by atoms with E-state index in [2.05, 4.69) is 20.6 Å². The lowest BCUT2D eigenvalue weighted by Gasteiger charge is -2.26. The van der Waals surface area contributed by atoms with Crippen LogP contribution in [0, 0.1) is 0 Å². The number of aromatic nitrogens is 2. The van der Waals surface area contributed by atoms with Crippen molar-refractivity contribution < 1.29 is 4.79 Å². The highest BCUT2D eigenvalue weighted by molar-refractivity contribution is 7.99. The topological polar surface area (TPSA) is 66.9 Å². The number of fused-ring (bicyclic) bond motifs is 1. The average Bonchev–Trinajstić information content (AvgIpc) is 2.56. The predicted molar refractivity (Wildman–Crippen MR) is 92.8 cm³/mol. The molecule has 23 heavy (non-hydrogen) atoms. The smallest absolute Gasteiger partial charge is 0.222 e. The molecule has 0 spiro atoms. The number of amides is 1. The maximum atomic E-state index is 12.2. The monoisotopic (exact) mass is 348 g/mol. The second kappa shape index (κ2) is 7.66. The van der Waals surface area contributed by atoms with Gasteiger partial charge < -0.3 is 10.6 Å². The van der Waals surface area contributed by atoms with Gasteiger partial charge in [0.2, 0.25) is 11.9 Å². The van der Waals surface area contributed by atoms with E-state index in [-0.39, 0.29) is 11.9 Å². The number of carbonyl (C=O) groups excluding carboxylic acids is 1. The zero-order valence-electron chi connectivity index (χ0n) is 12.5. The molecule has 2 heterocycles. The summed E-state index contributed by atoms with van der Waals surface area (Å²) in [5.74, 6) is 1.54. The van der Waals surface area contributed by atoms with Crippen LogP contribution in [-0.2, 0) is 4.79 Å². The van der Waals surface area contributed by atoms with E-state index in [1.54, 1.807) is 30.2 Å². The van der Waals surface area contributed by atoms with Gasteiger partial charge in [0, 0.05) is 41.0 Å². The first-order valence-corrected chi connectivity index (χ1v) is 8.81. The largest absolute Gasteiger partial charge is 0.354 e. The lowest BCUT2D eigenvalue weighted by molar-refractivity contribution is -0.121. The molecule has 5 nitrogen and oxygen atoms in total. The van der Waals surface area contributed by atoms with Crippen LogP contribution in [0.15, 0.2) is 41.6 Å². The van der Waals surface area contributed by atoms with Crippen LogP contribution in [0.1, 0.15) is 24.4 Å². The fraction of sp³-hybridized carbons (Fsp3) is 0.312. The first-order chi connectivity index (χ1) is 11.2. The zero-order valence-corrected chi connectivity index (χ0v) is 14.0. The Morgan fingerprint density at radius 2 is 2.17 bits per heavy atom. The number of nitrogens with one attached hydrogen (secondary N) is 2. The van der Waals surface area contributed by atoms with E-state index in [9.17, 15) is 4.79 Å². The SMILES string of the molecule is O=C(CCNc1ncccn1)N[C@H]1CCSc2ccc(Cl)cc21. The van der Waals surface area contributed by atoms with Crippen molar-refractivity contribution in [3.63, 3.8) is 0 Å². The molecule has 0 unspecified atom stereocenters. The molecule has 1 aromatic heterocycles. The lowest BCUT2D eigenvalue weighted by atomic mass is 10.0. The summed E-state index contributed by atoms with van der Waals surface area (Å²) in [7, 11) is 0. The number of hydrogen-bond donors (Lipinski definition) is 2. The third-order valence-electron chi connectivity index (χ3n) is 3.55. The molecular weight excluding hydrogens is 332 g/mol. The van der Waals surface area contributed by atoms with E-state index in [0.29, 0.717) is 23.9 Å². The highest BCUT2D eigenvalue weighted by Gasteiger charge is 2.22. The second-order valence-corrected chi connectivity index (χ2v) is 6.76. The molecule has 0 radical (unpaired) electrons. The van der Waals surface area contributed by atoms with E-state index in [1.807, 2.05) is 18.2 Å². The van der Waals surface area contributed by atoms with E-state index < -0.39 is 0 Å². The standard InChI is InChI=1S/C16H17ClN4OS/c17-11-2-3-14-12(10-11)13(5-9-23-14)21-15(22)4-8-20-16-18-6-1-7-19-16/h1-3,6-7,10,13H,4-5,8-9H2,(H,21,22)(H,18,19,20)/t13-/m0/s1. The molecule has 7 heteroatoms. The van der Waals surface area contributed by atoms with Crippen molar-refractivity contribution in [1.82, 2.24) is 15.3 Å². The van der Waals surface area contributed by atoms with E-state index in [1.165, 1.54) is 4.90 Å². The van der Waals surface area contributed by atoms with Gasteiger partial charge >= 0.3 is 0 Å². The molecule has 1 aliphatic heterocycles. The Labute approximate surface area is 144 Å². The maximum Gasteiger partial charge on any atom is 0.222 e. The molecule has 0 fully saturated rings. The summed E-state index contributed by atoms with van der Waals surface area (Å²) >= 11 is 7.89. The quantitative estimate of drug-likeness (QED) is 0.868. The Balaban J connectivity index is 1.54. The Hall–Kier alpha value is -1.79. The predicted octanol–water partition coefficient (Wildman–Crippen LogP) is 3.29. The Morgan fingerprint density at radius 1 is 1.35 bits per heavy atom. The van der Waals surface area contributed by atoms with Crippen molar-refractivity contribution in [3.05, 3.63) is 47.2 Å². The summed E-state index contributed by atoms with van der Waals surface area (Å²) in [6.45, 7) is 0.500.